The van der Waals surface area contributed by atoms with E-state index in [-0.39, 0.29) is 17.9 Å². The number of nitrogens with two attached hydrogens (primary N) is 1. The first-order valence-electron chi connectivity index (χ1n) is 4.51. The minimum absolute atomic E-state index is 0.0826. The molecule has 2 atom stereocenters. The maximum absolute atomic E-state index is 10.7. The van der Waals surface area contributed by atoms with Crippen LogP contribution in [0.2, 0.25) is 0 Å². The van der Waals surface area contributed by atoms with Crippen LogP contribution in [0.3, 0.4) is 0 Å². The van der Waals surface area contributed by atoms with Crippen molar-refractivity contribution in [3.8, 4) is 5.75 Å². The number of phenols is 1. The van der Waals surface area contributed by atoms with Crippen LogP contribution in [-0.4, -0.2) is 32.9 Å². The molecule has 1 aromatic carbocycles. The predicted octanol–water partition coefficient (Wildman–Crippen LogP) is -0.347. The third-order valence-corrected chi connectivity index (χ3v) is 2.14. The number of nitro groups is 1. The molecule has 0 saturated carbocycles. The van der Waals surface area contributed by atoms with Crippen LogP contribution in [-0.2, 0) is 0 Å². The summed E-state index contributed by atoms with van der Waals surface area (Å²) in [6.07, 6.45) is -2.74. The van der Waals surface area contributed by atoms with Gasteiger partial charge in [-0.15, -0.1) is 0 Å². The molecule has 2 unspecified atom stereocenters. The zero-order chi connectivity index (χ0) is 12.3. The minimum atomic E-state index is -1.45. The monoisotopic (exact) mass is 228 g/mol. The van der Waals surface area contributed by atoms with Gasteiger partial charge in [-0.1, -0.05) is 0 Å². The molecule has 0 radical (unpaired) electrons. The molecule has 88 valence electrons. The van der Waals surface area contributed by atoms with E-state index in [9.17, 15) is 20.3 Å². The molecular weight excluding hydrogens is 216 g/mol. The maximum atomic E-state index is 10.7. The van der Waals surface area contributed by atoms with Gasteiger partial charge in [0.05, 0.1) is 22.7 Å². The summed E-state index contributed by atoms with van der Waals surface area (Å²) in [5.41, 5.74) is 4.60. The number of hydrogen-bond acceptors (Lipinski definition) is 6. The van der Waals surface area contributed by atoms with Crippen molar-refractivity contribution in [1.29, 1.82) is 0 Å². The fraction of sp³-hybridized carbons (Fsp3) is 0.333. The SMILES string of the molecule is NCC(O)C(O)c1ccc(O)cc1[N+](=O)[O-]. The van der Waals surface area contributed by atoms with Crippen LogP contribution in [0.15, 0.2) is 18.2 Å². The molecule has 7 heteroatoms. The Bertz CT molecular complexity index is 395. The first-order chi connectivity index (χ1) is 7.47. The Balaban J connectivity index is 3.17. The summed E-state index contributed by atoms with van der Waals surface area (Å²) < 4.78 is 0. The number of aliphatic hydroxyl groups excluding tert-OH is 2. The van der Waals surface area contributed by atoms with Gasteiger partial charge in [-0.25, -0.2) is 0 Å². The maximum Gasteiger partial charge on any atom is 0.278 e. The molecule has 5 N–H and O–H groups in total. The van der Waals surface area contributed by atoms with Gasteiger partial charge >= 0.3 is 0 Å². The topological polar surface area (TPSA) is 130 Å². The van der Waals surface area contributed by atoms with Gasteiger partial charge in [0.15, 0.2) is 0 Å². The van der Waals surface area contributed by atoms with Gasteiger partial charge in [0.2, 0.25) is 0 Å². The molecule has 0 aliphatic carbocycles. The third kappa shape index (κ3) is 2.45. The lowest BCUT2D eigenvalue weighted by Gasteiger charge is -2.16. The number of benzene rings is 1. The van der Waals surface area contributed by atoms with Gasteiger partial charge in [-0.2, -0.15) is 0 Å². The van der Waals surface area contributed by atoms with Crippen molar-refractivity contribution in [2.45, 2.75) is 12.2 Å². The highest BCUT2D eigenvalue weighted by molar-refractivity contribution is 5.47. The van der Waals surface area contributed by atoms with Crippen molar-refractivity contribution in [2.75, 3.05) is 6.54 Å². The highest BCUT2D eigenvalue weighted by Gasteiger charge is 2.25. The minimum Gasteiger partial charge on any atom is -0.508 e. The van der Waals surface area contributed by atoms with Crippen molar-refractivity contribution in [2.24, 2.45) is 5.73 Å². The van der Waals surface area contributed by atoms with E-state index in [4.69, 9.17) is 10.8 Å². The summed E-state index contributed by atoms with van der Waals surface area (Å²) in [4.78, 5) is 9.91. The number of phenolic OH excluding ortho intramolecular Hbond substituents is 1. The average Bonchev–Trinajstić information content (AvgIpc) is 2.26. The third-order valence-electron chi connectivity index (χ3n) is 2.14. The first kappa shape index (κ1) is 12.4. The van der Waals surface area contributed by atoms with E-state index in [1.165, 1.54) is 12.1 Å². The van der Waals surface area contributed by atoms with Gasteiger partial charge in [-0.05, 0) is 12.1 Å². The molecule has 0 saturated heterocycles. The molecule has 7 nitrogen and oxygen atoms in total. The van der Waals surface area contributed by atoms with Gasteiger partial charge in [-0.3, -0.25) is 10.1 Å². The van der Waals surface area contributed by atoms with Crippen LogP contribution in [0.4, 0.5) is 5.69 Å². The van der Waals surface area contributed by atoms with Crippen LogP contribution in [0.25, 0.3) is 0 Å². The summed E-state index contributed by atoms with van der Waals surface area (Å²) in [5.74, 6) is -0.287. The molecule has 0 aliphatic heterocycles. The molecule has 0 spiro atoms. The highest BCUT2D eigenvalue weighted by Crippen LogP contribution is 2.30. The molecule has 0 fully saturated rings. The zero-order valence-electron chi connectivity index (χ0n) is 8.28. The van der Waals surface area contributed by atoms with E-state index in [0.29, 0.717) is 0 Å². The molecule has 0 aromatic heterocycles. The van der Waals surface area contributed by atoms with E-state index < -0.39 is 22.8 Å². The summed E-state index contributed by atoms with van der Waals surface area (Å²) in [6.45, 7) is -0.223. The van der Waals surface area contributed by atoms with Gasteiger partial charge in [0, 0.05) is 6.54 Å². The lowest BCUT2D eigenvalue weighted by molar-refractivity contribution is -0.386. The Morgan fingerprint density at radius 1 is 1.44 bits per heavy atom. The van der Waals surface area contributed by atoms with E-state index in [2.05, 4.69) is 0 Å². The van der Waals surface area contributed by atoms with Gasteiger partial charge < -0.3 is 21.1 Å². The summed E-state index contributed by atoms with van der Waals surface area (Å²) in [5, 5.41) is 38.6. The standard InChI is InChI=1S/C9H12N2O5/c10-4-8(13)9(14)6-2-1-5(12)3-7(6)11(15)16/h1-3,8-9,12-14H,4,10H2. The van der Waals surface area contributed by atoms with Crippen LogP contribution >= 0.6 is 0 Å². The summed E-state index contributed by atoms with van der Waals surface area (Å²) in [6, 6.07) is 3.27. The lowest BCUT2D eigenvalue weighted by atomic mass is 10.0. The first-order valence-corrected chi connectivity index (χ1v) is 4.51. The number of aromatic hydroxyl groups is 1. The molecule has 0 heterocycles. The number of aliphatic hydroxyl groups is 2. The smallest absolute Gasteiger partial charge is 0.278 e. The number of nitro benzene ring substituents is 1. The zero-order valence-corrected chi connectivity index (χ0v) is 8.28. The Morgan fingerprint density at radius 3 is 2.56 bits per heavy atom. The second-order valence-electron chi connectivity index (χ2n) is 3.25. The fourth-order valence-corrected chi connectivity index (χ4v) is 1.28. The van der Waals surface area contributed by atoms with Gasteiger partial charge in [0.1, 0.15) is 11.9 Å². The average molecular weight is 228 g/mol. The molecule has 0 aliphatic rings. The second-order valence-corrected chi connectivity index (χ2v) is 3.25. The van der Waals surface area contributed by atoms with Crippen LogP contribution in [0.5, 0.6) is 5.75 Å². The summed E-state index contributed by atoms with van der Waals surface area (Å²) >= 11 is 0. The molecule has 16 heavy (non-hydrogen) atoms. The molecule has 1 rings (SSSR count). The van der Waals surface area contributed by atoms with Crippen molar-refractivity contribution in [3.63, 3.8) is 0 Å². The van der Waals surface area contributed by atoms with E-state index in [0.717, 1.165) is 6.07 Å². The lowest BCUT2D eigenvalue weighted by Crippen LogP contribution is -2.27. The van der Waals surface area contributed by atoms with Crippen molar-refractivity contribution < 1.29 is 20.2 Å². The molecule has 0 amide bonds. The Morgan fingerprint density at radius 2 is 2.06 bits per heavy atom. The Labute approximate surface area is 90.9 Å². The van der Waals surface area contributed by atoms with Crippen molar-refractivity contribution in [3.05, 3.63) is 33.9 Å². The predicted molar refractivity (Wildman–Crippen MR) is 54.8 cm³/mol. The van der Waals surface area contributed by atoms with Crippen molar-refractivity contribution >= 4 is 5.69 Å². The highest BCUT2D eigenvalue weighted by atomic mass is 16.6. The number of hydrogen-bond donors (Lipinski definition) is 4. The van der Waals surface area contributed by atoms with E-state index >= 15 is 0 Å². The fourth-order valence-electron chi connectivity index (χ4n) is 1.28. The quantitative estimate of drug-likeness (QED) is 0.411. The largest absolute Gasteiger partial charge is 0.508 e. The van der Waals surface area contributed by atoms with Crippen LogP contribution in [0.1, 0.15) is 11.7 Å². The Hall–Kier alpha value is -1.70. The van der Waals surface area contributed by atoms with Gasteiger partial charge in [0.25, 0.3) is 5.69 Å². The normalized spacial score (nSPS) is 14.4. The van der Waals surface area contributed by atoms with Crippen molar-refractivity contribution in [1.82, 2.24) is 0 Å². The van der Waals surface area contributed by atoms with E-state index in [1.807, 2.05) is 0 Å². The van der Waals surface area contributed by atoms with E-state index in [1.54, 1.807) is 0 Å². The molecular formula is C9H12N2O5. The number of rotatable bonds is 4. The number of nitrogens with zero attached hydrogens (tertiary/aromatic N) is 1. The summed E-state index contributed by atoms with van der Waals surface area (Å²) in [7, 11) is 0. The molecule has 0 bridgehead atoms. The Kier molecular flexibility index (Phi) is 3.78. The van der Waals surface area contributed by atoms with Crippen LogP contribution < -0.4 is 5.73 Å². The van der Waals surface area contributed by atoms with Crippen LogP contribution in [0, 0.1) is 10.1 Å². The molecule has 1 aromatic rings. The second kappa shape index (κ2) is 4.88.